The molecule has 2 amide bonds. The number of amides is 2. The molecule has 3 rings (SSSR count). The van der Waals surface area contributed by atoms with Crippen LogP contribution in [0.5, 0.6) is 5.75 Å². The van der Waals surface area contributed by atoms with Crippen molar-refractivity contribution in [2.75, 3.05) is 32.8 Å². The van der Waals surface area contributed by atoms with Gasteiger partial charge in [-0.2, -0.15) is 0 Å². The molecule has 2 aromatic carbocycles. The Bertz CT molecular complexity index is 832. The molecular weight excluding hydrogens is 354 g/mol. The maximum Gasteiger partial charge on any atom is 0.260 e. The second kappa shape index (κ2) is 8.16. The minimum absolute atomic E-state index is 0.0693. The number of rotatable bonds is 4. The highest BCUT2D eigenvalue weighted by atomic mass is 19.2. The van der Waals surface area contributed by atoms with Crippen molar-refractivity contribution in [2.45, 2.75) is 6.92 Å². The maximum absolute atomic E-state index is 13.3. The summed E-state index contributed by atoms with van der Waals surface area (Å²) in [6.45, 7) is 3.29. The van der Waals surface area contributed by atoms with Gasteiger partial charge in [-0.3, -0.25) is 9.59 Å². The third-order valence-corrected chi connectivity index (χ3v) is 4.47. The third kappa shape index (κ3) is 4.61. The first-order valence-electron chi connectivity index (χ1n) is 8.65. The van der Waals surface area contributed by atoms with E-state index >= 15 is 0 Å². The number of halogens is 2. The Morgan fingerprint density at radius 1 is 0.926 bits per heavy atom. The van der Waals surface area contributed by atoms with Crippen molar-refractivity contribution in [1.29, 1.82) is 0 Å². The lowest BCUT2D eigenvalue weighted by Crippen LogP contribution is -2.51. The first-order chi connectivity index (χ1) is 12.9. The van der Waals surface area contributed by atoms with Gasteiger partial charge >= 0.3 is 0 Å². The molecule has 0 spiro atoms. The van der Waals surface area contributed by atoms with Crippen molar-refractivity contribution in [3.63, 3.8) is 0 Å². The number of nitrogens with zero attached hydrogens (tertiary/aromatic N) is 2. The zero-order valence-electron chi connectivity index (χ0n) is 15.0. The molecule has 142 valence electrons. The van der Waals surface area contributed by atoms with Crippen molar-refractivity contribution in [3.05, 3.63) is 65.2 Å². The molecule has 2 aromatic rings. The average Bonchev–Trinajstić information content (AvgIpc) is 2.69. The van der Waals surface area contributed by atoms with E-state index in [1.807, 2.05) is 19.1 Å². The zero-order chi connectivity index (χ0) is 19.4. The van der Waals surface area contributed by atoms with Crippen molar-refractivity contribution < 1.29 is 23.1 Å². The molecule has 5 nitrogen and oxygen atoms in total. The standard InChI is InChI=1S/C20H20F2N2O3/c1-14-2-5-16(6-3-14)27-13-19(25)23-8-10-24(11-9-23)20(26)15-4-7-17(21)18(22)12-15/h2-7,12H,8-11,13H2,1H3. The fraction of sp³-hybridized carbons (Fsp3) is 0.300. The molecule has 27 heavy (non-hydrogen) atoms. The van der Waals surface area contributed by atoms with E-state index in [4.69, 9.17) is 4.74 Å². The number of carbonyl (C=O) groups is 2. The van der Waals surface area contributed by atoms with Crippen LogP contribution in [0.4, 0.5) is 8.78 Å². The largest absolute Gasteiger partial charge is 0.484 e. The van der Waals surface area contributed by atoms with E-state index in [-0.39, 0.29) is 24.0 Å². The maximum atomic E-state index is 13.3. The molecule has 1 saturated heterocycles. The predicted octanol–water partition coefficient (Wildman–Crippen LogP) is 2.64. The van der Waals surface area contributed by atoms with E-state index in [2.05, 4.69) is 0 Å². The molecule has 1 aliphatic rings. The highest BCUT2D eigenvalue weighted by Gasteiger charge is 2.25. The van der Waals surface area contributed by atoms with Gasteiger partial charge in [0.1, 0.15) is 5.75 Å². The number of ether oxygens (including phenoxy) is 1. The van der Waals surface area contributed by atoms with Crippen LogP contribution in [0.3, 0.4) is 0 Å². The molecule has 0 atom stereocenters. The van der Waals surface area contributed by atoms with Gasteiger partial charge in [-0.1, -0.05) is 17.7 Å². The fourth-order valence-corrected chi connectivity index (χ4v) is 2.84. The van der Waals surface area contributed by atoms with Gasteiger partial charge < -0.3 is 14.5 Å². The lowest BCUT2D eigenvalue weighted by molar-refractivity contribution is -0.134. The molecule has 1 aliphatic heterocycles. The average molecular weight is 374 g/mol. The minimum atomic E-state index is -1.05. The van der Waals surface area contributed by atoms with E-state index in [1.54, 1.807) is 17.0 Å². The summed E-state index contributed by atoms with van der Waals surface area (Å²) in [7, 11) is 0. The number of aryl methyl sites for hydroxylation is 1. The molecule has 0 radical (unpaired) electrons. The van der Waals surface area contributed by atoms with Crippen molar-refractivity contribution in [3.8, 4) is 5.75 Å². The van der Waals surface area contributed by atoms with E-state index in [0.29, 0.717) is 31.9 Å². The predicted molar refractivity (Wildman–Crippen MR) is 95.5 cm³/mol. The summed E-state index contributed by atoms with van der Waals surface area (Å²) in [6.07, 6.45) is 0. The number of benzene rings is 2. The van der Waals surface area contributed by atoms with Gasteiger partial charge in [0, 0.05) is 31.7 Å². The lowest BCUT2D eigenvalue weighted by atomic mass is 10.1. The van der Waals surface area contributed by atoms with Crippen LogP contribution in [-0.2, 0) is 4.79 Å². The van der Waals surface area contributed by atoms with Crippen LogP contribution >= 0.6 is 0 Å². The van der Waals surface area contributed by atoms with Gasteiger partial charge in [0.2, 0.25) is 0 Å². The van der Waals surface area contributed by atoms with Gasteiger partial charge in [0.15, 0.2) is 18.2 Å². The lowest BCUT2D eigenvalue weighted by Gasteiger charge is -2.34. The Kier molecular flexibility index (Phi) is 5.69. The summed E-state index contributed by atoms with van der Waals surface area (Å²) < 4.78 is 31.8. The Hall–Kier alpha value is -2.96. The van der Waals surface area contributed by atoms with E-state index in [9.17, 15) is 18.4 Å². The van der Waals surface area contributed by atoms with Crippen LogP contribution in [0.25, 0.3) is 0 Å². The molecule has 0 N–H and O–H groups in total. The molecule has 1 fully saturated rings. The summed E-state index contributed by atoms with van der Waals surface area (Å²) >= 11 is 0. The van der Waals surface area contributed by atoms with Crippen molar-refractivity contribution in [1.82, 2.24) is 9.80 Å². The molecule has 0 aliphatic carbocycles. The Morgan fingerprint density at radius 2 is 1.56 bits per heavy atom. The molecule has 7 heteroatoms. The third-order valence-electron chi connectivity index (χ3n) is 4.47. The number of hydrogen-bond donors (Lipinski definition) is 0. The zero-order valence-corrected chi connectivity index (χ0v) is 15.0. The van der Waals surface area contributed by atoms with Crippen LogP contribution in [0.1, 0.15) is 15.9 Å². The summed E-state index contributed by atoms with van der Waals surface area (Å²) in [5.74, 6) is -1.95. The summed E-state index contributed by atoms with van der Waals surface area (Å²) in [6, 6.07) is 10.5. The molecule has 0 aromatic heterocycles. The molecular formula is C20H20F2N2O3. The number of carbonyl (C=O) groups excluding carboxylic acids is 2. The number of piperazine rings is 1. The minimum Gasteiger partial charge on any atom is -0.484 e. The van der Waals surface area contributed by atoms with E-state index < -0.39 is 11.6 Å². The van der Waals surface area contributed by atoms with Gasteiger partial charge in [-0.25, -0.2) is 8.78 Å². The highest BCUT2D eigenvalue weighted by molar-refractivity contribution is 5.94. The SMILES string of the molecule is Cc1ccc(OCC(=O)N2CCN(C(=O)c3ccc(F)c(F)c3)CC2)cc1. The van der Waals surface area contributed by atoms with Gasteiger partial charge in [0.05, 0.1) is 0 Å². The van der Waals surface area contributed by atoms with Crippen LogP contribution < -0.4 is 4.74 Å². The fourth-order valence-electron chi connectivity index (χ4n) is 2.84. The highest BCUT2D eigenvalue weighted by Crippen LogP contribution is 2.14. The van der Waals surface area contributed by atoms with E-state index in [0.717, 1.165) is 17.7 Å². The second-order valence-corrected chi connectivity index (χ2v) is 6.40. The normalized spacial score (nSPS) is 14.2. The van der Waals surface area contributed by atoms with Crippen LogP contribution in [0.15, 0.2) is 42.5 Å². The number of hydrogen-bond acceptors (Lipinski definition) is 3. The van der Waals surface area contributed by atoms with Crippen LogP contribution in [-0.4, -0.2) is 54.4 Å². The quantitative estimate of drug-likeness (QED) is 0.827. The summed E-state index contributed by atoms with van der Waals surface area (Å²) in [5, 5.41) is 0. The smallest absolute Gasteiger partial charge is 0.260 e. The second-order valence-electron chi connectivity index (χ2n) is 6.40. The molecule has 0 bridgehead atoms. The molecule has 0 unspecified atom stereocenters. The van der Waals surface area contributed by atoms with Gasteiger partial charge in [-0.05, 0) is 37.3 Å². The Morgan fingerprint density at radius 3 is 2.19 bits per heavy atom. The molecule has 1 heterocycles. The topological polar surface area (TPSA) is 49.9 Å². The van der Waals surface area contributed by atoms with Crippen LogP contribution in [0.2, 0.25) is 0 Å². The Balaban J connectivity index is 1.50. The van der Waals surface area contributed by atoms with Crippen LogP contribution in [0, 0.1) is 18.6 Å². The van der Waals surface area contributed by atoms with E-state index in [1.165, 1.54) is 11.0 Å². The van der Waals surface area contributed by atoms with Gasteiger partial charge in [-0.15, -0.1) is 0 Å². The first kappa shape index (κ1) is 18.8. The van der Waals surface area contributed by atoms with Crippen molar-refractivity contribution in [2.24, 2.45) is 0 Å². The monoisotopic (exact) mass is 374 g/mol. The van der Waals surface area contributed by atoms with Gasteiger partial charge in [0.25, 0.3) is 11.8 Å². The van der Waals surface area contributed by atoms with Crippen molar-refractivity contribution >= 4 is 11.8 Å². The Labute approximate surface area is 156 Å². The first-order valence-corrected chi connectivity index (χ1v) is 8.65. The summed E-state index contributed by atoms with van der Waals surface area (Å²) in [5.41, 5.74) is 1.20. The summed E-state index contributed by atoms with van der Waals surface area (Å²) in [4.78, 5) is 27.8. The molecule has 0 saturated carbocycles.